The van der Waals surface area contributed by atoms with Crippen LogP contribution in [-0.4, -0.2) is 71.0 Å². The molecule has 0 aliphatic rings. The quantitative estimate of drug-likeness (QED) is 0.0737. The summed E-state index contributed by atoms with van der Waals surface area (Å²) in [6.07, 6.45) is 14.3. The Hall–Kier alpha value is -0.620. The van der Waals surface area contributed by atoms with E-state index in [-0.39, 0.29) is 29.5 Å². The van der Waals surface area contributed by atoms with Crippen molar-refractivity contribution >= 4 is 35.0 Å². The first-order valence-corrected chi connectivity index (χ1v) is 13.0. The van der Waals surface area contributed by atoms with Crippen LogP contribution in [0.1, 0.15) is 84.0 Å². The SMILES string of the molecule is CCCCC/C=C\C[C@H](Cl)[C@@H](Cl)CCCCCCCC(=O)[C@H](C(=O)O)[C@H](O)C[N+](C)(C)C. The molecule has 0 aromatic carbocycles. The zero-order chi connectivity index (χ0) is 24.6. The van der Waals surface area contributed by atoms with E-state index in [1.807, 2.05) is 21.1 Å². The summed E-state index contributed by atoms with van der Waals surface area (Å²) in [6.45, 7) is 2.42. The first-order valence-electron chi connectivity index (χ1n) is 12.2. The molecule has 32 heavy (non-hydrogen) atoms. The van der Waals surface area contributed by atoms with Crippen LogP contribution >= 0.6 is 23.2 Å². The number of hydrogen-bond acceptors (Lipinski definition) is 3. The van der Waals surface area contributed by atoms with E-state index in [1.165, 1.54) is 19.3 Å². The molecule has 0 bridgehead atoms. The van der Waals surface area contributed by atoms with Crippen LogP contribution in [0.3, 0.4) is 0 Å². The van der Waals surface area contributed by atoms with Gasteiger partial charge < -0.3 is 14.7 Å². The number of alkyl halides is 2. The molecule has 0 saturated carbocycles. The number of ketones is 1. The molecule has 0 aromatic heterocycles. The summed E-state index contributed by atoms with van der Waals surface area (Å²) in [4.78, 5) is 23.8. The van der Waals surface area contributed by atoms with Gasteiger partial charge in [0.15, 0.2) is 0 Å². The number of aliphatic carboxylic acids is 1. The van der Waals surface area contributed by atoms with E-state index in [0.29, 0.717) is 10.9 Å². The summed E-state index contributed by atoms with van der Waals surface area (Å²) < 4.78 is 0.401. The number of Topliss-reactive ketones (excluding diaryl/α,β-unsaturated/α-hetero) is 1. The second-order valence-electron chi connectivity index (χ2n) is 9.86. The fourth-order valence-corrected chi connectivity index (χ4v) is 4.18. The molecule has 0 saturated heterocycles. The summed E-state index contributed by atoms with van der Waals surface area (Å²) in [5.41, 5.74) is 0. The molecule has 0 aromatic rings. The Balaban J connectivity index is 4.01. The average Bonchev–Trinajstić information content (AvgIpc) is 2.67. The van der Waals surface area contributed by atoms with Crippen molar-refractivity contribution in [1.29, 1.82) is 0 Å². The normalized spacial score (nSPS) is 16.1. The van der Waals surface area contributed by atoms with Crippen molar-refractivity contribution < 1.29 is 24.3 Å². The third-order valence-electron chi connectivity index (χ3n) is 5.53. The van der Waals surface area contributed by atoms with Gasteiger partial charge in [0.05, 0.1) is 31.9 Å². The van der Waals surface area contributed by atoms with Gasteiger partial charge in [0.2, 0.25) is 0 Å². The second-order valence-corrected chi connectivity index (χ2v) is 11.0. The van der Waals surface area contributed by atoms with Crippen LogP contribution in [0, 0.1) is 5.92 Å². The van der Waals surface area contributed by atoms with Crippen molar-refractivity contribution in [2.75, 3.05) is 27.7 Å². The molecule has 5 nitrogen and oxygen atoms in total. The number of aliphatic hydroxyl groups is 1. The maximum absolute atomic E-state index is 12.3. The molecule has 0 heterocycles. The molecule has 0 aliphatic heterocycles. The van der Waals surface area contributed by atoms with Crippen molar-refractivity contribution in [2.45, 2.75) is 101 Å². The molecule has 2 N–H and O–H groups in total. The smallest absolute Gasteiger partial charge is 0.316 e. The molecular weight excluding hydrogens is 449 g/mol. The summed E-state index contributed by atoms with van der Waals surface area (Å²) >= 11 is 12.8. The van der Waals surface area contributed by atoms with Crippen LogP contribution in [0.25, 0.3) is 0 Å². The van der Waals surface area contributed by atoms with Gasteiger partial charge in [0, 0.05) is 6.42 Å². The molecule has 0 aliphatic carbocycles. The fourth-order valence-electron chi connectivity index (χ4n) is 3.69. The lowest BCUT2D eigenvalue weighted by atomic mass is 9.93. The van der Waals surface area contributed by atoms with Gasteiger partial charge in [-0.25, -0.2) is 0 Å². The number of carbonyl (C=O) groups is 2. The lowest BCUT2D eigenvalue weighted by molar-refractivity contribution is -0.873. The van der Waals surface area contributed by atoms with Crippen molar-refractivity contribution in [3.63, 3.8) is 0 Å². The number of carboxylic acid groups (broad SMARTS) is 1. The maximum atomic E-state index is 12.3. The molecule has 0 fully saturated rings. The molecule has 0 spiro atoms. The van der Waals surface area contributed by atoms with Crippen LogP contribution in [0.4, 0.5) is 0 Å². The Bertz CT molecular complexity index is 549. The van der Waals surface area contributed by atoms with E-state index < -0.39 is 18.0 Å². The third-order valence-corrected chi connectivity index (χ3v) is 6.66. The monoisotopic (exact) mass is 494 g/mol. The van der Waals surface area contributed by atoms with Gasteiger partial charge in [-0.3, -0.25) is 9.59 Å². The van der Waals surface area contributed by atoms with E-state index in [4.69, 9.17) is 23.2 Å². The summed E-state index contributed by atoms with van der Waals surface area (Å²) in [5, 5.41) is 19.5. The van der Waals surface area contributed by atoms with Crippen LogP contribution < -0.4 is 0 Å². The average molecular weight is 496 g/mol. The van der Waals surface area contributed by atoms with Gasteiger partial charge >= 0.3 is 5.97 Å². The van der Waals surface area contributed by atoms with E-state index in [2.05, 4.69) is 19.1 Å². The molecular formula is C25H46Cl2NO4+. The number of likely N-dealkylation sites (N-methyl/N-ethyl adjacent to an activating group) is 1. The van der Waals surface area contributed by atoms with E-state index in [1.54, 1.807) is 0 Å². The number of quaternary nitrogens is 1. The number of hydrogen-bond donors (Lipinski definition) is 2. The number of nitrogens with zero attached hydrogens (tertiary/aromatic N) is 1. The highest BCUT2D eigenvalue weighted by Gasteiger charge is 2.36. The van der Waals surface area contributed by atoms with E-state index in [9.17, 15) is 19.8 Å². The largest absolute Gasteiger partial charge is 0.481 e. The maximum Gasteiger partial charge on any atom is 0.316 e. The van der Waals surface area contributed by atoms with Gasteiger partial charge in [-0.2, -0.15) is 0 Å². The number of allylic oxidation sites excluding steroid dienone is 2. The van der Waals surface area contributed by atoms with E-state index in [0.717, 1.165) is 44.9 Å². The zero-order valence-electron chi connectivity index (χ0n) is 20.6. The highest BCUT2D eigenvalue weighted by atomic mass is 35.5. The van der Waals surface area contributed by atoms with Gasteiger partial charge in [0.25, 0.3) is 0 Å². The molecule has 7 heteroatoms. The first kappa shape index (κ1) is 31.4. The Morgan fingerprint density at radius 3 is 2.12 bits per heavy atom. The summed E-state index contributed by atoms with van der Waals surface area (Å²) in [5.74, 6) is -2.96. The number of carboxylic acids is 1. The molecule has 188 valence electrons. The molecule has 0 unspecified atom stereocenters. The highest BCUT2D eigenvalue weighted by molar-refractivity contribution is 6.30. The number of carbonyl (C=O) groups excluding carboxylic acids is 1. The Kier molecular flexibility index (Phi) is 17.5. The standard InChI is InChI=1S/C25H45Cl2NO4/c1-5-6-7-8-10-13-16-20(26)21(27)17-14-11-9-12-15-18-22(29)24(25(31)32)23(30)19-28(2,3)4/h10,13,20-21,23-24,30H,5-9,11-12,14-19H2,1-4H3/p+1/b13-10-/t20-,21-,23+,24-/m0/s1. The van der Waals surface area contributed by atoms with Gasteiger partial charge in [-0.05, 0) is 32.1 Å². The number of unbranched alkanes of at least 4 members (excludes halogenated alkanes) is 7. The number of halogens is 2. The number of rotatable bonds is 20. The van der Waals surface area contributed by atoms with Crippen LogP contribution in [0.5, 0.6) is 0 Å². The minimum Gasteiger partial charge on any atom is -0.481 e. The summed E-state index contributed by atoms with van der Waals surface area (Å²) in [7, 11) is 5.57. The lowest BCUT2D eigenvalue weighted by Crippen LogP contribution is -2.47. The Labute approximate surface area is 205 Å². The minimum absolute atomic E-state index is 0.0439. The van der Waals surface area contributed by atoms with Crippen molar-refractivity contribution in [3.8, 4) is 0 Å². The van der Waals surface area contributed by atoms with Crippen molar-refractivity contribution in [1.82, 2.24) is 0 Å². The van der Waals surface area contributed by atoms with Crippen LogP contribution in [0.2, 0.25) is 0 Å². The highest BCUT2D eigenvalue weighted by Crippen LogP contribution is 2.21. The molecule has 0 rings (SSSR count). The molecule has 4 atom stereocenters. The van der Waals surface area contributed by atoms with Crippen molar-refractivity contribution in [2.24, 2.45) is 5.92 Å². The second kappa shape index (κ2) is 17.8. The van der Waals surface area contributed by atoms with Crippen LogP contribution in [-0.2, 0) is 9.59 Å². The van der Waals surface area contributed by atoms with Crippen LogP contribution in [0.15, 0.2) is 12.2 Å². The number of aliphatic hydroxyl groups excluding tert-OH is 1. The zero-order valence-corrected chi connectivity index (χ0v) is 22.1. The fraction of sp³-hybridized carbons (Fsp3) is 0.840. The summed E-state index contributed by atoms with van der Waals surface area (Å²) in [6, 6.07) is 0. The van der Waals surface area contributed by atoms with Gasteiger partial charge in [-0.15, -0.1) is 23.2 Å². The van der Waals surface area contributed by atoms with Crippen molar-refractivity contribution in [3.05, 3.63) is 12.2 Å². The minimum atomic E-state index is -1.34. The Morgan fingerprint density at radius 2 is 1.53 bits per heavy atom. The predicted octanol–water partition coefficient (Wildman–Crippen LogP) is 5.80. The molecule has 0 amide bonds. The predicted molar refractivity (Wildman–Crippen MR) is 135 cm³/mol. The Morgan fingerprint density at radius 1 is 0.906 bits per heavy atom. The molecule has 0 radical (unpaired) electrons. The van der Waals surface area contributed by atoms with E-state index >= 15 is 0 Å². The van der Waals surface area contributed by atoms with Gasteiger partial charge in [0.1, 0.15) is 24.3 Å². The first-order chi connectivity index (χ1) is 15.0. The van der Waals surface area contributed by atoms with Gasteiger partial charge in [-0.1, -0.05) is 57.6 Å². The lowest BCUT2D eigenvalue weighted by Gasteiger charge is -2.28. The third kappa shape index (κ3) is 16.1. The topological polar surface area (TPSA) is 74.6 Å².